The van der Waals surface area contributed by atoms with Crippen LogP contribution < -0.4 is 0 Å². The maximum atomic E-state index is 13.4. The van der Waals surface area contributed by atoms with E-state index in [0.29, 0.717) is 36.2 Å². The maximum absolute atomic E-state index is 13.4. The Labute approximate surface area is 200 Å². The Hall–Kier alpha value is -2.27. The SMILES string of the molecule is CCCN(CC(=O)N(CCc1ccccc1)Cc1ccc(C)o1)Cc1ccc(Cl)cc1Cl. The lowest BCUT2D eigenvalue weighted by atomic mass is 10.1. The van der Waals surface area contributed by atoms with Gasteiger partial charge in [0.1, 0.15) is 11.5 Å². The van der Waals surface area contributed by atoms with E-state index in [4.69, 9.17) is 27.6 Å². The Bertz CT molecular complexity index is 1000. The molecular formula is C26H30Cl2N2O2. The van der Waals surface area contributed by atoms with E-state index < -0.39 is 0 Å². The minimum absolute atomic E-state index is 0.0773. The number of halogens is 2. The van der Waals surface area contributed by atoms with E-state index in [-0.39, 0.29) is 5.91 Å². The molecule has 0 unspecified atom stereocenters. The fourth-order valence-electron chi connectivity index (χ4n) is 3.67. The molecule has 6 heteroatoms. The molecule has 0 saturated carbocycles. The summed E-state index contributed by atoms with van der Waals surface area (Å²) in [5, 5.41) is 1.23. The van der Waals surface area contributed by atoms with Gasteiger partial charge in [-0.3, -0.25) is 9.69 Å². The van der Waals surface area contributed by atoms with Crippen LogP contribution in [0.1, 0.15) is 36.0 Å². The van der Waals surface area contributed by atoms with Crippen molar-refractivity contribution in [3.63, 3.8) is 0 Å². The summed E-state index contributed by atoms with van der Waals surface area (Å²) in [6.07, 6.45) is 1.74. The lowest BCUT2D eigenvalue weighted by Gasteiger charge is -2.27. The van der Waals surface area contributed by atoms with Gasteiger partial charge in [0.25, 0.3) is 0 Å². The van der Waals surface area contributed by atoms with Gasteiger partial charge in [0, 0.05) is 23.1 Å². The summed E-state index contributed by atoms with van der Waals surface area (Å²) in [5.74, 6) is 1.72. The number of nitrogens with zero attached hydrogens (tertiary/aromatic N) is 2. The van der Waals surface area contributed by atoms with Crippen LogP contribution in [0.15, 0.2) is 65.1 Å². The number of hydrogen-bond donors (Lipinski definition) is 0. The maximum Gasteiger partial charge on any atom is 0.237 e. The van der Waals surface area contributed by atoms with Gasteiger partial charge < -0.3 is 9.32 Å². The monoisotopic (exact) mass is 472 g/mol. The Balaban J connectivity index is 1.71. The van der Waals surface area contributed by atoms with Gasteiger partial charge in [-0.05, 0) is 61.7 Å². The van der Waals surface area contributed by atoms with E-state index in [9.17, 15) is 4.79 Å². The van der Waals surface area contributed by atoms with E-state index in [0.717, 1.165) is 36.5 Å². The molecule has 1 heterocycles. The minimum atomic E-state index is 0.0773. The van der Waals surface area contributed by atoms with Crippen molar-refractivity contribution in [2.24, 2.45) is 0 Å². The summed E-state index contributed by atoms with van der Waals surface area (Å²) in [5.41, 5.74) is 2.18. The molecule has 0 spiro atoms. The first-order chi connectivity index (χ1) is 15.4. The van der Waals surface area contributed by atoms with Crippen molar-refractivity contribution in [2.45, 2.75) is 39.8 Å². The highest BCUT2D eigenvalue weighted by Gasteiger charge is 2.20. The second-order valence-electron chi connectivity index (χ2n) is 8.01. The van der Waals surface area contributed by atoms with Gasteiger partial charge in [-0.15, -0.1) is 0 Å². The van der Waals surface area contributed by atoms with Crippen LogP contribution in [0.3, 0.4) is 0 Å². The number of furan rings is 1. The Morgan fingerprint density at radius 2 is 1.75 bits per heavy atom. The lowest BCUT2D eigenvalue weighted by molar-refractivity contribution is -0.133. The zero-order valence-electron chi connectivity index (χ0n) is 18.7. The van der Waals surface area contributed by atoms with Crippen LogP contribution in [0.5, 0.6) is 0 Å². The van der Waals surface area contributed by atoms with Crippen LogP contribution >= 0.6 is 23.2 Å². The quantitative estimate of drug-likeness (QED) is 0.324. The predicted molar refractivity (Wildman–Crippen MR) is 131 cm³/mol. The molecule has 0 radical (unpaired) electrons. The first-order valence-electron chi connectivity index (χ1n) is 11.0. The highest BCUT2D eigenvalue weighted by Crippen LogP contribution is 2.22. The van der Waals surface area contributed by atoms with Crippen LogP contribution in [0, 0.1) is 6.92 Å². The first-order valence-corrected chi connectivity index (χ1v) is 11.7. The Morgan fingerprint density at radius 1 is 0.969 bits per heavy atom. The highest BCUT2D eigenvalue weighted by molar-refractivity contribution is 6.35. The second kappa shape index (κ2) is 12.1. The van der Waals surface area contributed by atoms with Crippen LogP contribution in [-0.2, 0) is 24.3 Å². The first kappa shape index (κ1) is 24.4. The molecule has 0 aliphatic heterocycles. The molecule has 0 aliphatic carbocycles. The summed E-state index contributed by atoms with van der Waals surface area (Å²) >= 11 is 12.4. The van der Waals surface area contributed by atoms with Gasteiger partial charge in [-0.25, -0.2) is 0 Å². The molecule has 0 saturated heterocycles. The largest absolute Gasteiger partial charge is 0.464 e. The van der Waals surface area contributed by atoms with Crippen LogP contribution in [0.2, 0.25) is 10.0 Å². The highest BCUT2D eigenvalue weighted by atomic mass is 35.5. The van der Waals surface area contributed by atoms with Crippen molar-refractivity contribution in [1.29, 1.82) is 0 Å². The standard InChI is InChI=1S/C26H30Cl2N2O2/c1-3-14-29(17-22-10-11-23(27)16-25(22)28)19-26(31)30(18-24-12-9-20(2)32-24)15-13-21-7-5-4-6-8-21/h4-12,16H,3,13-15,17-19H2,1-2H3. The molecule has 0 bridgehead atoms. The summed E-state index contributed by atoms with van der Waals surface area (Å²) in [7, 11) is 0. The number of amides is 1. The van der Waals surface area contributed by atoms with Crippen molar-refractivity contribution >= 4 is 29.1 Å². The van der Waals surface area contributed by atoms with Crippen LogP contribution in [0.4, 0.5) is 0 Å². The minimum Gasteiger partial charge on any atom is -0.464 e. The second-order valence-corrected chi connectivity index (χ2v) is 8.85. The number of hydrogen-bond acceptors (Lipinski definition) is 3. The molecule has 3 aromatic rings. The number of rotatable bonds is 11. The number of aryl methyl sites for hydroxylation is 1. The van der Waals surface area contributed by atoms with Gasteiger partial charge in [0.15, 0.2) is 0 Å². The average Bonchev–Trinajstić information content (AvgIpc) is 3.18. The lowest BCUT2D eigenvalue weighted by Crippen LogP contribution is -2.41. The van der Waals surface area contributed by atoms with Crippen molar-refractivity contribution in [3.8, 4) is 0 Å². The van der Waals surface area contributed by atoms with Crippen molar-refractivity contribution in [2.75, 3.05) is 19.6 Å². The molecule has 2 aromatic carbocycles. The Morgan fingerprint density at radius 3 is 2.41 bits per heavy atom. The van der Waals surface area contributed by atoms with Crippen molar-refractivity contribution in [1.82, 2.24) is 9.80 Å². The normalized spacial score (nSPS) is 11.2. The molecule has 0 atom stereocenters. The molecule has 3 rings (SSSR count). The summed E-state index contributed by atoms with van der Waals surface area (Å²) < 4.78 is 5.75. The molecule has 1 aromatic heterocycles. The molecule has 4 nitrogen and oxygen atoms in total. The number of benzene rings is 2. The smallest absolute Gasteiger partial charge is 0.237 e. The van der Waals surface area contributed by atoms with E-state index in [2.05, 4.69) is 24.0 Å². The summed E-state index contributed by atoms with van der Waals surface area (Å²) in [6, 6.07) is 19.6. The zero-order valence-corrected chi connectivity index (χ0v) is 20.2. The molecule has 170 valence electrons. The van der Waals surface area contributed by atoms with Crippen LogP contribution in [-0.4, -0.2) is 35.3 Å². The third-order valence-corrected chi connectivity index (χ3v) is 5.90. The van der Waals surface area contributed by atoms with Gasteiger partial charge in [0.05, 0.1) is 13.1 Å². The molecule has 0 N–H and O–H groups in total. The van der Waals surface area contributed by atoms with E-state index in [1.54, 1.807) is 6.07 Å². The van der Waals surface area contributed by atoms with E-state index in [1.807, 2.05) is 54.3 Å². The molecule has 0 fully saturated rings. The molecule has 1 amide bonds. The molecular weight excluding hydrogens is 443 g/mol. The summed E-state index contributed by atoms with van der Waals surface area (Å²) in [6.45, 7) is 6.84. The van der Waals surface area contributed by atoms with Gasteiger partial charge in [-0.2, -0.15) is 0 Å². The average molecular weight is 473 g/mol. The zero-order chi connectivity index (χ0) is 22.9. The Kier molecular flexibility index (Phi) is 9.22. The third-order valence-electron chi connectivity index (χ3n) is 5.32. The number of carbonyl (C=O) groups excluding carboxylic acids is 1. The van der Waals surface area contributed by atoms with Gasteiger partial charge in [-0.1, -0.05) is 66.5 Å². The fourth-order valence-corrected chi connectivity index (χ4v) is 4.14. The molecule has 32 heavy (non-hydrogen) atoms. The van der Waals surface area contributed by atoms with Crippen molar-refractivity contribution in [3.05, 3.63) is 93.4 Å². The van der Waals surface area contributed by atoms with E-state index >= 15 is 0 Å². The van der Waals surface area contributed by atoms with Gasteiger partial charge >= 0.3 is 0 Å². The van der Waals surface area contributed by atoms with E-state index in [1.165, 1.54) is 5.56 Å². The fraction of sp³-hybridized carbons (Fsp3) is 0.346. The topological polar surface area (TPSA) is 36.7 Å². The van der Waals surface area contributed by atoms with Crippen molar-refractivity contribution < 1.29 is 9.21 Å². The summed E-state index contributed by atoms with van der Waals surface area (Å²) in [4.78, 5) is 17.4. The number of carbonyl (C=O) groups is 1. The van der Waals surface area contributed by atoms with Crippen LogP contribution in [0.25, 0.3) is 0 Å². The predicted octanol–water partition coefficient (Wildman–Crippen LogP) is 6.38. The molecule has 0 aliphatic rings. The third kappa shape index (κ3) is 7.40. The van der Waals surface area contributed by atoms with Gasteiger partial charge in [0.2, 0.25) is 5.91 Å².